The van der Waals surface area contributed by atoms with Crippen LogP contribution in [0.2, 0.25) is 0 Å². The number of nitrogens with one attached hydrogen (secondary N) is 2. The minimum absolute atomic E-state index is 0.0680. The molecule has 3 N–H and O–H groups in total. The Balaban J connectivity index is 2.09. The van der Waals surface area contributed by atoms with Crippen molar-refractivity contribution in [2.75, 3.05) is 38.3 Å². The number of anilines is 1. The van der Waals surface area contributed by atoms with Crippen molar-refractivity contribution in [1.29, 1.82) is 0 Å². The standard InChI is InChI=1S/C22H31N5O5/c1-5-27(6-2)20(29)14-32-18-9-8-16(12-19(18)31-7-3)13-23-26-22-24-15(4)17(10-11-28)21(30)25-22/h8-9,12-13,28H,5-7,10-11,14H2,1-4H3,(H2,24,25,26,30)/b23-13-. The quantitative estimate of drug-likeness (QED) is 0.335. The number of aromatic nitrogens is 2. The van der Waals surface area contributed by atoms with E-state index >= 15 is 0 Å². The number of aliphatic hydroxyl groups is 1. The third-order valence-electron chi connectivity index (χ3n) is 4.70. The molecule has 1 aromatic heterocycles. The van der Waals surface area contributed by atoms with Crippen LogP contribution in [-0.4, -0.2) is 65.0 Å². The van der Waals surface area contributed by atoms with E-state index in [9.17, 15) is 9.59 Å². The summed E-state index contributed by atoms with van der Waals surface area (Å²) in [5.41, 5.74) is 4.07. The third-order valence-corrected chi connectivity index (χ3v) is 4.70. The largest absolute Gasteiger partial charge is 0.490 e. The molecule has 10 nitrogen and oxygen atoms in total. The van der Waals surface area contributed by atoms with Gasteiger partial charge in [0.15, 0.2) is 18.1 Å². The lowest BCUT2D eigenvalue weighted by Gasteiger charge is -2.19. The average Bonchev–Trinajstić information content (AvgIpc) is 2.77. The zero-order valence-electron chi connectivity index (χ0n) is 19.0. The van der Waals surface area contributed by atoms with Gasteiger partial charge in [0.25, 0.3) is 11.5 Å². The van der Waals surface area contributed by atoms with E-state index in [1.54, 1.807) is 36.2 Å². The van der Waals surface area contributed by atoms with Crippen molar-refractivity contribution in [3.8, 4) is 11.5 Å². The Morgan fingerprint density at radius 2 is 2.00 bits per heavy atom. The average molecular weight is 446 g/mol. The van der Waals surface area contributed by atoms with Crippen molar-refractivity contribution in [3.63, 3.8) is 0 Å². The number of ether oxygens (including phenoxy) is 2. The second-order valence-electron chi connectivity index (χ2n) is 6.82. The maximum atomic E-state index is 12.2. The maximum Gasteiger partial charge on any atom is 0.260 e. The number of H-pyrrole nitrogens is 1. The first kappa shape index (κ1) is 24.9. The molecule has 0 atom stereocenters. The molecule has 1 heterocycles. The molecule has 32 heavy (non-hydrogen) atoms. The molecule has 0 fully saturated rings. The molecule has 2 aromatic rings. The summed E-state index contributed by atoms with van der Waals surface area (Å²) >= 11 is 0. The van der Waals surface area contributed by atoms with Crippen LogP contribution < -0.4 is 20.5 Å². The molecule has 0 saturated carbocycles. The molecule has 0 aliphatic rings. The molecule has 174 valence electrons. The summed E-state index contributed by atoms with van der Waals surface area (Å²) in [6.45, 7) is 8.90. The molecule has 0 radical (unpaired) electrons. The molecule has 1 aromatic carbocycles. The van der Waals surface area contributed by atoms with E-state index in [0.29, 0.717) is 42.5 Å². The smallest absolute Gasteiger partial charge is 0.260 e. The van der Waals surface area contributed by atoms with Crippen molar-refractivity contribution in [3.05, 3.63) is 45.4 Å². The fourth-order valence-electron chi connectivity index (χ4n) is 3.04. The highest BCUT2D eigenvalue weighted by atomic mass is 16.5. The van der Waals surface area contributed by atoms with Gasteiger partial charge in [-0.25, -0.2) is 10.4 Å². The number of nitrogens with zero attached hydrogens (tertiary/aromatic N) is 3. The number of carbonyl (C=O) groups is 1. The van der Waals surface area contributed by atoms with Gasteiger partial charge in [-0.2, -0.15) is 5.10 Å². The second-order valence-corrected chi connectivity index (χ2v) is 6.82. The van der Waals surface area contributed by atoms with E-state index in [2.05, 4.69) is 20.5 Å². The SMILES string of the molecule is CCOc1cc(/C=N\Nc2nc(C)c(CCO)c(=O)[nH]2)ccc1OCC(=O)N(CC)CC. The monoisotopic (exact) mass is 445 g/mol. The minimum Gasteiger partial charge on any atom is -0.490 e. The van der Waals surface area contributed by atoms with Crippen LogP contribution in [-0.2, 0) is 11.2 Å². The van der Waals surface area contributed by atoms with Crippen molar-refractivity contribution >= 4 is 18.1 Å². The Hall–Kier alpha value is -3.40. The zero-order chi connectivity index (χ0) is 23.5. The summed E-state index contributed by atoms with van der Waals surface area (Å²) in [5.74, 6) is 1.08. The van der Waals surface area contributed by atoms with E-state index < -0.39 is 0 Å². The Labute approximate surface area is 187 Å². The minimum atomic E-state index is -0.316. The van der Waals surface area contributed by atoms with Gasteiger partial charge in [0.2, 0.25) is 5.95 Å². The Kier molecular flexibility index (Phi) is 9.68. The van der Waals surface area contributed by atoms with Crippen LogP contribution in [0, 0.1) is 6.92 Å². The predicted molar refractivity (Wildman–Crippen MR) is 123 cm³/mol. The summed E-state index contributed by atoms with van der Waals surface area (Å²) in [6, 6.07) is 5.24. The molecule has 10 heteroatoms. The van der Waals surface area contributed by atoms with E-state index in [0.717, 1.165) is 5.56 Å². The van der Waals surface area contributed by atoms with Crippen molar-refractivity contribution < 1.29 is 19.4 Å². The Bertz CT molecular complexity index is 985. The van der Waals surface area contributed by atoms with E-state index in [4.69, 9.17) is 14.6 Å². The molecular formula is C22H31N5O5. The van der Waals surface area contributed by atoms with E-state index in [1.807, 2.05) is 20.8 Å². The fourth-order valence-corrected chi connectivity index (χ4v) is 3.04. The Morgan fingerprint density at radius 1 is 1.25 bits per heavy atom. The number of amides is 1. The van der Waals surface area contributed by atoms with Gasteiger partial charge in [0, 0.05) is 31.7 Å². The molecule has 0 saturated heterocycles. The summed E-state index contributed by atoms with van der Waals surface area (Å²) in [5, 5.41) is 13.1. The molecule has 0 unspecified atom stereocenters. The van der Waals surface area contributed by atoms with Crippen molar-refractivity contribution in [2.24, 2.45) is 5.10 Å². The van der Waals surface area contributed by atoms with Gasteiger partial charge in [-0.1, -0.05) is 0 Å². The van der Waals surface area contributed by atoms with Crippen LogP contribution >= 0.6 is 0 Å². The predicted octanol–water partition coefficient (Wildman–Crippen LogP) is 1.71. The number of aliphatic hydroxyl groups excluding tert-OH is 1. The molecule has 1 amide bonds. The maximum absolute atomic E-state index is 12.2. The first-order valence-corrected chi connectivity index (χ1v) is 10.6. The number of rotatable bonds is 12. The second kappa shape index (κ2) is 12.5. The number of hydrazone groups is 1. The van der Waals surface area contributed by atoms with Crippen molar-refractivity contribution in [1.82, 2.24) is 14.9 Å². The summed E-state index contributed by atoms with van der Waals surface area (Å²) in [6.07, 6.45) is 1.79. The first-order chi connectivity index (χ1) is 15.4. The number of carbonyl (C=O) groups excluding carboxylic acids is 1. The molecule has 0 aliphatic heterocycles. The topological polar surface area (TPSA) is 129 Å². The number of benzene rings is 1. The zero-order valence-corrected chi connectivity index (χ0v) is 19.0. The van der Waals surface area contributed by atoms with Crippen molar-refractivity contribution in [2.45, 2.75) is 34.1 Å². The summed E-state index contributed by atoms with van der Waals surface area (Å²) in [7, 11) is 0. The Morgan fingerprint density at radius 3 is 2.62 bits per heavy atom. The number of hydrogen-bond acceptors (Lipinski definition) is 8. The number of hydrogen-bond donors (Lipinski definition) is 3. The number of likely N-dealkylation sites (N-methyl/N-ethyl adjacent to an activating group) is 1. The normalized spacial score (nSPS) is 10.9. The van der Waals surface area contributed by atoms with Gasteiger partial charge in [-0.15, -0.1) is 0 Å². The lowest BCUT2D eigenvalue weighted by molar-refractivity contribution is -0.132. The lowest BCUT2D eigenvalue weighted by atomic mass is 10.2. The highest BCUT2D eigenvalue weighted by molar-refractivity contribution is 5.81. The molecular weight excluding hydrogens is 414 g/mol. The molecule has 0 aliphatic carbocycles. The van der Waals surface area contributed by atoms with Crippen LogP contribution in [0.1, 0.15) is 37.6 Å². The fraction of sp³-hybridized carbons (Fsp3) is 0.455. The molecule has 0 spiro atoms. The highest BCUT2D eigenvalue weighted by Gasteiger charge is 2.13. The molecule has 2 rings (SSSR count). The van der Waals surface area contributed by atoms with E-state index in [-0.39, 0.29) is 37.0 Å². The van der Waals surface area contributed by atoms with Gasteiger partial charge in [0.1, 0.15) is 0 Å². The van der Waals surface area contributed by atoms with Gasteiger partial charge >= 0.3 is 0 Å². The van der Waals surface area contributed by atoms with Gasteiger partial charge in [-0.05, 0) is 51.5 Å². The molecule has 0 bridgehead atoms. The lowest BCUT2D eigenvalue weighted by Crippen LogP contribution is -2.34. The first-order valence-electron chi connectivity index (χ1n) is 10.6. The van der Waals surface area contributed by atoms with Gasteiger partial charge < -0.3 is 19.5 Å². The highest BCUT2D eigenvalue weighted by Crippen LogP contribution is 2.28. The van der Waals surface area contributed by atoms with Crippen LogP contribution in [0.15, 0.2) is 28.1 Å². The van der Waals surface area contributed by atoms with Crippen LogP contribution in [0.25, 0.3) is 0 Å². The van der Waals surface area contributed by atoms with E-state index in [1.165, 1.54) is 0 Å². The van der Waals surface area contributed by atoms with Crippen LogP contribution in [0.5, 0.6) is 11.5 Å². The van der Waals surface area contributed by atoms with Gasteiger partial charge in [-0.3, -0.25) is 14.6 Å². The summed E-state index contributed by atoms with van der Waals surface area (Å²) in [4.78, 5) is 32.8. The third kappa shape index (κ3) is 6.81. The van der Waals surface area contributed by atoms with Crippen LogP contribution in [0.3, 0.4) is 0 Å². The summed E-state index contributed by atoms with van der Waals surface area (Å²) < 4.78 is 11.3. The number of aromatic amines is 1. The van der Waals surface area contributed by atoms with Crippen LogP contribution in [0.4, 0.5) is 5.95 Å². The van der Waals surface area contributed by atoms with Gasteiger partial charge in [0.05, 0.1) is 18.5 Å². The number of aryl methyl sites for hydroxylation is 1.